The molecule has 4 heteroatoms. The summed E-state index contributed by atoms with van der Waals surface area (Å²) in [5.74, 6) is 0.348. The molecule has 0 aromatic heterocycles. The van der Waals surface area contributed by atoms with Gasteiger partial charge in [-0.05, 0) is 50.4 Å². The predicted molar refractivity (Wildman–Crippen MR) is 72.3 cm³/mol. The number of nitrogens with one attached hydrogen (secondary N) is 1. The molecule has 0 radical (unpaired) electrons. The Balaban J connectivity index is 2.26. The summed E-state index contributed by atoms with van der Waals surface area (Å²) in [6, 6.07) is 7.32. The number of aromatic hydroxyl groups is 1. The number of carbonyl (C=O) groups excluding carboxylic acids is 1. The minimum atomic E-state index is 0.0682. The van der Waals surface area contributed by atoms with Gasteiger partial charge in [-0.1, -0.05) is 12.1 Å². The number of hydrogen-bond donors (Lipinski definition) is 3. The molecule has 1 atom stereocenters. The monoisotopic (exact) mass is 250 g/mol. The number of hydrogen-bond acceptors (Lipinski definition) is 3. The standard InChI is InChI=1S/C14H22N2O2/c1-11(16-14(18)3-2-10-15)4-5-12-6-8-13(17)9-7-12/h6-9,11,17H,2-5,10,15H2,1H3,(H,16,18). The van der Waals surface area contributed by atoms with Gasteiger partial charge in [0.15, 0.2) is 0 Å². The number of nitrogens with two attached hydrogens (primary N) is 1. The fourth-order valence-corrected chi connectivity index (χ4v) is 1.73. The van der Waals surface area contributed by atoms with E-state index in [0.717, 1.165) is 24.8 Å². The van der Waals surface area contributed by atoms with Crippen LogP contribution in [0, 0.1) is 0 Å². The molecule has 0 saturated carbocycles. The van der Waals surface area contributed by atoms with Gasteiger partial charge in [-0.15, -0.1) is 0 Å². The van der Waals surface area contributed by atoms with Crippen molar-refractivity contribution in [3.63, 3.8) is 0 Å². The minimum absolute atomic E-state index is 0.0682. The van der Waals surface area contributed by atoms with Crippen molar-refractivity contribution in [1.82, 2.24) is 5.32 Å². The maximum absolute atomic E-state index is 11.5. The van der Waals surface area contributed by atoms with Gasteiger partial charge < -0.3 is 16.2 Å². The molecule has 1 aromatic carbocycles. The van der Waals surface area contributed by atoms with E-state index in [1.54, 1.807) is 12.1 Å². The topological polar surface area (TPSA) is 75.3 Å². The van der Waals surface area contributed by atoms with Crippen LogP contribution in [0.4, 0.5) is 0 Å². The van der Waals surface area contributed by atoms with E-state index in [2.05, 4.69) is 5.32 Å². The number of aryl methyl sites for hydroxylation is 1. The van der Waals surface area contributed by atoms with Crippen molar-refractivity contribution in [2.75, 3.05) is 6.54 Å². The third kappa shape index (κ3) is 5.68. The van der Waals surface area contributed by atoms with Crippen LogP contribution in [0.5, 0.6) is 5.75 Å². The lowest BCUT2D eigenvalue weighted by Gasteiger charge is -2.13. The summed E-state index contributed by atoms with van der Waals surface area (Å²) >= 11 is 0. The second kappa shape index (κ2) is 7.71. The highest BCUT2D eigenvalue weighted by molar-refractivity contribution is 5.76. The van der Waals surface area contributed by atoms with E-state index in [0.29, 0.717) is 13.0 Å². The molecule has 18 heavy (non-hydrogen) atoms. The smallest absolute Gasteiger partial charge is 0.220 e. The lowest BCUT2D eigenvalue weighted by Crippen LogP contribution is -2.33. The van der Waals surface area contributed by atoms with Gasteiger partial charge >= 0.3 is 0 Å². The molecule has 1 aromatic rings. The summed E-state index contributed by atoms with van der Waals surface area (Å²) in [4.78, 5) is 11.5. The predicted octanol–water partition coefficient (Wildman–Crippen LogP) is 1.57. The van der Waals surface area contributed by atoms with Crippen LogP contribution < -0.4 is 11.1 Å². The molecule has 0 spiro atoms. The van der Waals surface area contributed by atoms with E-state index in [4.69, 9.17) is 10.8 Å². The Labute approximate surface area is 108 Å². The summed E-state index contributed by atoms with van der Waals surface area (Å²) in [6.45, 7) is 2.55. The Bertz CT molecular complexity index is 363. The molecule has 0 aliphatic rings. The minimum Gasteiger partial charge on any atom is -0.508 e. The lowest BCUT2D eigenvalue weighted by molar-refractivity contribution is -0.121. The Morgan fingerprint density at radius 2 is 2.06 bits per heavy atom. The first-order chi connectivity index (χ1) is 8.61. The fourth-order valence-electron chi connectivity index (χ4n) is 1.73. The first-order valence-electron chi connectivity index (χ1n) is 6.39. The van der Waals surface area contributed by atoms with Crippen LogP contribution in [0.25, 0.3) is 0 Å². The number of phenols is 1. The molecule has 4 N–H and O–H groups in total. The first-order valence-corrected chi connectivity index (χ1v) is 6.39. The third-order valence-electron chi connectivity index (χ3n) is 2.82. The van der Waals surface area contributed by atoms with Gasteiger partial charge in [0, 0.05) is 12.5 Å². The SMILES string of the molecule is CC(CCc1ccc(O)cc1)NC(=O)CCCN. The second-order valence-corrected chi connectivity index (χ2v) is 4.57. The maximum atomic E-state index is 11.5. The summed E-state index contributed by atoms with van der Waals surface area (Å²) in [5, 5.41) is 12.1. The van der Waals surface area contributed by atoms with Crippen LogP contribution in [0.3, 0.4) is 0 Å². The maximum Gasteiger partial charge on any atom is 0.220 e. The molecule has 0 aliphatic heterocycles. The van der Waals surface area contributed by atoms with E-state index >= 15 is 0 Å². The molecule has 1 amide bonds. The fraction of sp³-hybridized carbons (Fsp3) is 0.500. The summed E-state index contributed by atoms with van der Waals surface area (Å²) in [5.41, 5.74) is 6.52. The summed E-state index contributed by atoms with van der Waals surface area (Å²) < 4.78 is 0. The Kier molecular flexibility index (Phi) is 6.22. The molecule has 1 rings (SSSR count). The highest BCUT2D eigenvalue weighted by atomic mass is 16.3. The van der Waals surface area contributed by atoms with Gasteiger partial charge in [-0.3, -0.25) is 4.79 Å². The summed E-state index contributed by atoms with van der Waals surface area (Å²) in [6.07, 6.45) is 3.01. The Hall–Kier alpha value is -1.55. The van der Waals surface area contributed by atoms with E-state index < -0.39 is 0 Å². The van der Waals surface area contributed by atoms with Gasteiger partial charge in [0.2, 0.25) is 5.91 Å². The molecule has 0 aliphatic carbocycles. The number of carbonyl (C=O) groups is 1. The molecule has 1 unspecified atom stereocenters. The molecular formula is C14H22N2O2. The van der Waals surface area contributed by atoms with E-state index in [1.807, 2.05) is 19.1 Å². The van der Waals surface area contributed by atoms with Gasteiger partial charge in [-0.2, -0.15) is 0 Å². The van der Waals surface area contributed by atoms with Crippen LogP contribution in [-0.4, -0.2) is 23.6 Å². The zero-order valence-corrected chi connectivity index (χ0v) is 10.9. The van der Waals surface area contributed by atoms with Crippen molar-refractivity contribution in [3.8, 4) is 5.75 Å². The van der Waals surface area contributed by atoms with Crippen molar-refractivity contribution in [1.29, 1.82) is 0 Å². The quantitative estimate of drug-likeness (QED) is 0.687. The molecule has 0 heterocycles. The zero-order valence-electron chi connectivity index (χ0n) is 10.9. The van der Waals surface area contributed by atoms with Crippen molar-refractivity contribution < 1.29 is 9.90 Å². The largest absolute Gasteiger partial charge is 0.508 e. The number of amides is 1. The van der Waals surface area contributed by atoms with Gasteiger partial charge in [0.05, 0.1) is 0 Å². The van der Waals surface area contributed by atoms with Crippen molar-refractivity contribution in [3.05, 3.63) is 29.8 Å². The van der Waals surface area contributed by atoms with Crippen molar-refractivity contribution in [2.24, 2.45) is 5.73 Å². The molecule has 0 fully saturated rings. The first kappa shape index (κ1) is 14.5. The molecule has 0 bridgehead atoms. The van der Waals surface area contributed by atoms with Gasteiger partial charge in [0.25, 0.3) is 0 Å². The Morgan fingerprint density at radius 3 is 2.67 bits per heavy atom. The number of rotatable bonds is 7. The highest BCUT2D eigenvalue weighted by Crippen LogP contribution is 2.11. The van der Waals surface area contributed by atoms with Crippen LogP contribution >= 0.6 is 0 Å². The van der Waals surface area contributed by atoms with Crippen LogP contribution in [0.2, 0.25) is 0 Å². The van der Waals surface area contributed by atoms with Crippen molar-refractivity contribution in [2.45, 2.75) is 38.6 Å². The Morgan fingerprint density at radius 1 is 1.39 bits per heavy atom. The highest BCUT2D eigenvalue weighted by Gasteiger charge is 2.06. The van der Waals surface area contributed by atoms with Gasteiger partial charge in [-0.25, -0.2) is 0 Å². The molecule has 0 saturated heterocycles. The lowest BCUT2D eigenvalue weighted by atomic mass is 10.1. The van der Waals surface area contributed by atoms with E-state index in [9.17, 15) is 4.79 Å². The normalized spacial score (nSPS) is 12.1. The third-order valence-corrected chi connectivity index (χ3v) is 2.82. The van der Waals surface area contributed by atoms with E-state index in [1.165, 1.54) is 0 Å². The number of phenolic OH excluding ortho intramolecular Hbond substituents is 1. The van der Waals surface area contributed by atoms with Crippen LogP contribution in [0.15, 0.2) is 24.3 Å². The molecular weight excluding hydrogens is 228 g/mol. The van der Waals surface area contributed by atoms with Crippen LogP contribution in [0.1, 0.15) is 31.7 Å². The van der Waals surface area contributed by atoms with Gasteiger partial charge in [0.1, 0.15) is 5.75 Å². The van der Waals surface area contributed by atoms with Crippen LogP contribution in [-0.2, 0) is 11.2 Å². The average Bonchev–Trinajstić information content (AvgIpc) is 2.35. The molecule has 100 valence electrons. The average molecular weight is 250 g/mol. The zero-order chi connectivity index (χ0) is 13.4. The van der Waals surface area contributed by atoms with E-state index in [-0.39, 0.29) is 17.7 Å². The summed E-state index contributed by atoms with van der Waals surface area (Å²) in [7, 11) is 0. The second-order valence-electron chi connectivity index (χ2n) is 4.57. The van der Waals surface area contributed by atoms with Crippen molar-refractivity contribution >= 4 is 5.91 Å². The molecule has 4 nitrogen and oxygen atoms in total. The number of benzene rings is 1.